The van der Waals surface area contributed by atoms with Gasteiger partial charge in [-0.3, -0.25) is 9.78 Å². The number of rotatable bonds is 5. The summed E-state index contributed by atoms with van der Waals surface area (Å²) in [5.41, 5.74) is 7.40. The maximum Gasteiger partial charge on any atom is 0.155 e. The number of aromatic nitrogens is 1. The Kier molecular flexibility index (Phi) is 3.85. The molecule has 0 radical (unpaired) electrons. The molecule has 0 amide bonds. The van der Waals surface area contributed by atoms with Gasteiger partial charge in [0.05, 0.1) is 18.0 Å². The fourth-order valence-corrected chi connectivity index (χ4v) is 1.83. The van der Waals surface area contributed by atoms with Crippen LogP contribution in [0.5, 0.6) is 0 Å². The van der Waals surface area contributed by atoms with Gasteiger partial charge in [0, 0.05) is 11.1 Å². The standard InChI is InChI=1S/C15H16N2O/c1-2-5-13(16)15(18)10-12-9-8-11-6-3-4-7-14(11)17-12/h2-4,6-9,13H,1,5,10,16H2. The van der Waals surface area contributed by atoms with Gasteiger partial charge in [-0.25, -0.2) is 0 Å². The first-order chi connectivity index (χ1) is 8.70. The molecule has 1 aromatic heterocycles. The van der Waals surface area contributed by atoms with Crippen molar-refractivity contribution in [1.82, 2.24) is 4.98 Å². The van der Waals surface area contributed by atoms with E-state index in [9.17, 15) is 4.79 Å². The van der Waals surface area contributed by atoms with Crippen LogP contribution in [0.15, 0.2) is 49.1 Å². The van der Waals surface area contributed by atoms with Gasteiger partial charge in [-0.15, -0.1) is 6.58 Å². The van der Waals surface area contributed by atoms with Gasteiger partial charge in [0.15, 0.2) is 5.78 Å². The number of hydrogen-bond acceptors (Lipinski definition) is 3. The molecule has 92 valence electrons. The van der Waals surface area contributed by atoms with Crippen molar-refractivity contribution in [2.75, 3.05) is 0 Å². The normalized spacial score (nSPS) is 12.3. The molecule has 0 spiro atoms. The Morgan fingerprint density at radius 3 is 2.89 bits per heavy atom. The minimum absolute atomic E-state index is 0.00215. The second kappa shape index (κ2) is 5.56. The van der Waals surface area contributed by atoms with Crippen LogP contribution in [-0.4, -0.2) is 16.8 Å². The number of benzene rings is 1. The quantitative estimate of drug-likeness (QED) is 0.815. The van der Waals surface area contributed by atoms with Crippen LogP contribution in [0.4, 0.5) is 0 Å². The molecule has 1 aromatic carbocycles. The molecule has 1 heterocycles. The summed E-state index contributed by atoms with van der Waals surface area (Å²) in [6.07, 6.45) is 2.45. The number of para-hydroxylation sites is 1. The summed E-state index contributed by atoms with van der Waals surface area (Å²) in [7, 11) is 0. The van der Waals surface area contributed by atoms with Crippen LogP contribution in [0.25, 0.3) is 10.9 Å². The maximum absolute atomic E-state index is 11.8. The van der Waals surface area contributed by atoms with Crippen molar-refractivity contribution >= 4 is 16.7 Å². The predicted octanol–water partition coefficient (Wildman–Crippen LogP) is 2.25. The van der Waals surface area contributed by atoms with Crippen molar-refractivity contribution in [3.63, 3.8) is 0 Å². The number of nitrogens with two attached hydrogens (primary N) is 1. The molecule has 2 aromatic rings. The maximum atomic E-state index is 11.8. The van der Waals surface area contributed by atoms with E-state index in [1.165, 1.54) is 0 Å². The highest BCUT2D eigenvalue weighted by Crippen LogP contribution is 2.12. The van der Waals surface area contributed by atoms with Crippen LogP contribution in [-0.2, 0) is 11.2 Å². The fourth-order valence-electron chi connectivity index (χ4n) is 1.83. The van der Waals surface area contributed by atoms with Crippen molar-refractivity contribution in [2.45, 2.75) is 18.9 Å². The number of carbonyl (C=O) groups excluding carboxylic acids is 1. The van der Waals surface area contributed by atoms with Crippen molar-refractivity contribution in [3.05, 3.63) is 54.7 Å². The summed E-state index contributed by atoms with van der Waals surface area (Å²) < 4.78 is 0. The molecule has 18 heavy (non-hydrogen) atoms. The summed E-state index contributed by atoms with van der Waals surface area (Å²) in [6, 6.07) is 11.2. The molecule has 2 N–H and O–H groups in total. The summed E-state index contributed by atoms with van der Waals surface area (Å²) >= 11 is 0. The van der Waals surface area contributed by atoms with E-state index in [-0.39, 0.29) is 12.2 Å². The molecule has 3 nitrogen and oxygen atoms in total. The summed E-state index contributed by atoms with van der Waals surface area (Å²) in [4.78, 5) is 16.3. The number of pyridine rings is 1. The predicted molar refractivity (Wildman–Crippen MR) is 73.2 cm³/mol. The van der Waals surface area contributed by atoms with Gasteiger partial charge in [0.2, 0.25) is 0 Å². The van der Waals surface area contributed by atoms with Crippen LogP contribution >= 0.6 is 0 Å². The Morgan fingerprint density at radius 2 is 2.11 bits per heavy atom. The van der Waals surface area contributed by atoms with E-state index < -0.39 is 6.04 Å². The third-order valence-electron chi connectivity index (χ3n) is 2.85. The van der Waals surface area contributed by atoms with E-state index in [4.69, 9.17) is 5.73 Å². The molecule has 2 rings (SSSR count). The zero-order valence-electron chi connectivity index (χ0n) is 10.2. The minimum Gasteiger partial charge on any atom is -0.321 e. The van der Waals surface area contributed by atoms with Crippen LogP contribution < -0.4 is 5.73 Å². The van der Waals surface area contributed by atoms with E-state index in [2.05, 4.69) is 11.6 Å². The molecular weight excluding hydrogens is 224 g/mol. The van der Waals surface area contributed by atoms with E-state index in [0.29, 0.717) is 6.42 Å². The Balaban J connectivity index is 2.16. The molecule has 0 saturated carbocycles. The third-order valence-corrected chi connectivity index (χ3v) is 2.85. The van der Waals surface area contributed by atoms with Crippen molar-refractivity contribution in [2.24, 2.45) is 5.73 Å². The molecule has 3 heteroatoms. The zero-order chi connectivity index (χ0) is 13.0. The van der Waals surface area contributed by atoms with E-state index in [0.717, 1.165) is 16.6 Å². The lowest BCUT2D eigenvalue weighted by molar-refractivity contribution is -0.119. The van der Waals surface area contributed by atoms with E-state index >= 15 is 0 Å². The van der Waals surface area contributed by atoms with E-state index in [1.54, 1.807) is 6.08 Å². The number of hydrogen-bond donors (Lipinski definition) is 1. The lowest BCUT2D eigenvalue weighted by Gasteiger charge is -2.07. The molecule has 0 bridgehead atoms. The average Bonchev–Trinajstić information content (AvgIpc) is 2.39. The molecular formula is C15H16N2O. The van der Waals surface area contributed by atoms with Crippen LogP contribution in [0, 0.1) is 0 Å². The summed E-state index contributed by atoms with van der Waals surface area (Å²) in [5.74, 6) is -0.00215. The Labute approximate surface area is 106 Å². The average molecular weight is 240 g/mol. The van der Waals surface area contributed by atoms with Crippen molar-refractivity contribution in [1.29, 1.82) is 0 Å². The zero-order valence-corrected chi connectivity index (χ0v) is 10.2. The van der Waals surface area contributed by atoms with Gasteiger partial charge in [0.1, 0.15) is 0 Å². The lowest BCUT2D eigenvalue weighted by Crippen LogP contribution is -2.31. The topological polar surface area (TPSA) is 56.0 Å². The van der Waals surface area contributed by atoms with Crippen molar-refractivity contribution in [3.8, 4) is 0 Å². The van der Waals surface area contributed by atoms with Gasteiger partial charge in [0.25, 0.3) is 0 Å². The molecule has 1 unspecified atom stereocenters. The smallest absolute Gasteiger partial charge is 0.155 e. The molecule has 0 aliphatic carbocycles. The SMILES string of the molecule is C=CCC(N)C(=O)Cc1ccc2ccccc2n1. The van der Waals surface area contributed by atoms with Gasteiger partial charge in [-0.1, -0.05) is 30.3 Å². The number of ketones is 1. The monoisotopic (exact) mass is 240 g/mol. The van der Waals surface area contributed by atoms with Crippen LogP contribution in [0.3, 0.4) is 0 Å². The minimum atomic E-state index is -0.476. The molecule has 0 fully saturated rings. The molecule has 1 atom stereocenters. The first kappa shape index (κ1) is 12.5. The van der Waals surface area contributed by atoms with Crippen molar-refractivity contribution < 1.29 is 4.79 Å². The largest absolute Gasteiger partial charge is 0.321 e. The first-order valence-corrected chi connectivity index (χ1v) is 5.94. The number of fused-ring (bicyclic) bond motifs is 1. The molecule has 0 aliphatic rings. The van der Waals surface area contributed by atoms with Gasteiger partial charge >= 0.3 is 0 Å². The number of nitrogens with zero attached hydrogens (tertiary/aromatic N) is 1. The third kappa shape index (κ3) is 2.81. The highest BCUT2D eigenvalue weighted by molar-refractivity contribution is 5.86. The second-order valence-corrected chi connectivity index (χ2v) is 4.27. The van der Waals surface area contributed by atoms with Crippen LogP contribution in [0.1, 0.15) is 12.1 Å². The van der Waals surface area contributed by atoms with Crippen LogP contribution in [0.2, 0.25) is 0 Å². The lowest BCUT2D eigenvalue weighted by atomic mass is 10.0. The Morgan fingerprint density at radius 1 is 1.33 bits per heavy atom. The van der Waals surface area contributed by atoms with Gasteiger partial charge in [-0.2, -0.15) is 0 Å². The second-order valence-electron chi connectivity index (χ2n) is 4.27. The highest BCUT2D eigenvalue weighted by atomic mass is 16.1. The summed E-state index contributed by atoms with van der Waals surface area (Å²) in [6.45, 7) is 3.58. The number of carbonyl (C=O) groups is 1. The molecule has 0 aliphatic heterocycles. The summed E-state index contributed by atoms with van der Waals surface area (Å²) in [5, 5.41) is 1.07. The fraction of sp³-hybridized carbons (Fsp3) is 0.200. The van der Waals surface area contributed by atoms with Gasteiger partial charge in [-0.05, 0) is 18.6 Å². The highest BCUT2D eigenvalue weighted by Gasteiger charge is 2.13. The Bertz CT molecular complexity index is 577. The molecule has 0 saturated heterocycles. The first-order valence-electron chi connectivity index (χ1n) is 5.94. The van der Waals surface area contributed by atoms with E-state index in [1.807, 2.05) is 36.4 Å². The number of Topliss-reactive ketones (excluding diaryl/α,β-unsaturated/α-hetero) is 1. The Hall–Kier alpha value is -2.00. The van der Waals surface area contributed by atoms with Gasteiger partial charge < -0.3 is 5.73 Å².